The maximum Gasteiger partial charge on any atom is 0.270 e. The summed E-state index contributed by atoms with van der Waals surface area (Å²) in [6, 6.07) is 4.40. The van der Waals surface area contributed by atoms with Crippen LogP contribution in [0.2, 0.25) is 0 Å². The molecule has 0 amide bonds. The number of ether oxygens (including phenoxy) is 1. The van der Waals surface area contributed by atoms with Gasteiger partial charge in [-0.1, -0.05) is 13.8 Å². The molecule has 15 heavy (non-hydrogen) atoms. The lowest BCUT2D eigenvalue weighted by Crippen LogP contribution is -1.92. The van der Waals surface area contributed by atoms with Gasteiger partial charge in [0.2, 0.25) is 0 Å². The average molecular weight is 388 g/mol. The Kier molecular flexibility index (Phi) is 7.67. The smallest absolute Gasteiger partial charge is 0.270 e. The number of non-ortho nitro benzene ring substituents is 1. The van der Waals surface area contributed by atoms with Crippen molar-refractivity contribution < 1.29 is 9.66 Å². The normalized spacial score (nSPS) is 8.80. The number of nitrogens with zero attached hydrogens (tertiary/aromatic N) is 1. The molecule has 0 fully saturated rings. The Morgan fingerprint density at radius 2 is 2.13 bits per heavy atom. The average Bonchev–Trinajstić information content (AvgIpc) is 2.24. The van der Waals surface area contributed by atoms with Crippen LogP contribution in [0.15, 0.2) is 22.7 Å². The highest BCUT2D eigenvalue weighted by Gasteiger charge is 2.08. The van der Waals surface area contributed by atoms with Gasteiger partial charge in [0.05, 0.1) is 9.40 Å². The van der Waals surface area contributed by atoms with E-state index in [2.05, 4.69) is 38.5 Å². The summed E-state index contributed by atoms with van der Waals surface area (Å²) in [5.41, 5.74) is 0.0488. The summed E-state index contributed by atoms with van der Waals surface area (Å²) in [5, 5.41) is 10.4. The zero-order valence-corrected chi connectivity index (χ0v) is 12.1. The number of rotatable bonds is 3. The van der Waals surface area contributed by atoms with Gasteiger partial charge >= 0.3 is 0 Å². The quantitative estimate of drug-likeness (QED) is 0.338. The Bertz CT molecular complexity index is 333. The van der Waals surface area contributed by atoms with Crippen molar-refractivity contribution in [3.63, 3.8) is 0 Å². The van der Waals surface area contributed by atoms with E-state index in [-0.39, 0.29) is 5.69 Å². The van der Waals surface area contributed by atoms with Gasteiger partial charge < -0.3 is 4.74 Å². The van der Waals surface area contributed by atoms with Gasteiger partial charge in [-0.25, -0.2) is 0 Å². The number of halogens is 2. The van der Waals surface area contributed by atoms with Crippen LogP contribution in [-0.4, -0.2) is 9.54 Å². The lowest BCUT2D eigenvalue weighted by atomic mass is 10.3. The highest BCUT2D eigenvalue weighted by atomic mass is 127. The van der Waals surface area contributed by atoms with Crippen molar-refractivity contribution >= 4 is 44.2 Å². The molecule has 0 saturated heterocycles. The molecule has 0 bridgehead atoms. The molecule has 0 heterocycles. The number of alkyl halides is 1. The second kappa shape index (κ2) is 7.86. The van der Waals surface area contributed by atoms with Gasteiger partial charge in [0, 0.05) is 12.1 Å². The Labute approximate surface area is 110 Å². The fourth-order valence-electron chi connectivity index (χ4n) is 0.779. The van der Waals surface area contributed by atoms with Crippen molar-refractivity contribution in [3.8, 4) is 5.75 Å². The van der Waals surface area contributed by atoms with E-state index in [1.165, 1.54) is 12.1 Å². The van der Waals surface area contributed by atoms with Crippen molar-refractivity contribution in [2.75, 3.05) is 4.61 Å². The molecule has 0 spiro atoms. The summed E-state index contributed by atoms with van der Waals surface area (Å²) in [7, 11) is 0. The monoisotopic (exact) mass is 387 g/mol. The zero-order chi connectivity index (χ0) is 11.8. The maximum absolute atomic E-state index is 10.4. The summed E-state index contributed by atoms with van der Waals surface area (Å²) in [6.45, 7) is 4.00. The van der Waals surface area contributed by atoms with Gasteiger partial charge in [-0.15, -0.1) is 0 Å². The van der Waals surface area contributed by atoms with Crippen molar-refractivity contribution in [3.05, 3.63) is 32.8 Å². The summed E-state index contributed by atoms with van der Waals surface area (Å²) < 4.78 is 6.29. The number of hydrogen-bond donors (Lipinski definition) is 0. The number of benzene rings is 1. The second-order valence-corrected chi connectivity index (χ2v) is 3.60. The largest absolute Gasteiger partial charge is 0.482 e. The van der Waals surface area contributed by atoms with Crippen molar-refractivity contribution in [2.24, 2.45) is 0 Å². The standard InChI is InChI=1S/C7H5BrINO3.C2H6/c8-6-3-5(10(11)12)1-2-7(6)13-4-9;1-2/h1-3H,4H2;1-2H3. The first-order valence-electron chi connectivity index (χ1n) is 4.28. The maximum atomic E-state index is 10.4. The van der Waals surface area contributed by atoms with Gasteiger partial charge in [0.15, 0.2) is 0 Å². The topological polar surface area (TPSA) is 52.4 Å². The predicted octanol–water partition coefficient (Wildman–Crippen LogP) is 4.15. The first-order chi connectivity index (χ1) is 7.15. The van der Waals surface area contributed by atoms with E-state index >= 15 is 0 Å². The molecule has 1 aromatic carbocycles. The van der Waals surface area contributed by atoms with Gasteiger partial charge in [-0.3, -0.25) is 10.1 Å². The molecular formula is C9H11BrINO3. The Morgan fingerprint density at radius 1 is 1.53 bits per heavy atom. The van der Waals surface area contributed by atoms with Crippen LogP contribution >= 0.6 is 38.5 Å². The minimum absolute atomic E-state index is 0.0488. The second-order valence-electron chi connectivity index (χ2n) is 2.13. The van der Waals surface area contributed by atoms with Gasteiger partial charge in [-0.05, 0) is 44.6 Å². The fraction of sp³-hybridized carbons (Fsp3) is 0.333. The third-order valence-corrected chi connectivity index (χ3v) is 2.27. The van der Waals surface area contributed by atoms with Crippen molar-refractivity contribution in [1.82, 2.24) is 0 Å². The SMILES string of the molecule is CC.O=[N+]([O-])c1ccc(OCI)c(Br)c1. The lowest BCUT2D eigenvalue weighted by Gasteiger charge is -2.03. The van der Waals surface area contributed by atoms with Gasteiger partial charge in [-0.2, -0.15) is 0 Å². The Hall–Kier alpha value is -0.370. The molecule has 4 nitrogen and oxygen atoms in total. The molecule has 0 aliphatic rings. The van der Waals surface area contributed by atoms with E-state index in [0.29, 0.717) is 14.8 Å². The molecule has 0 aliphatic carbocycles. The van der Waals surface area contributed by atoms with E-state index in [4.69, 9.17) is 4.74 Å². The van der Waals surface area contributed by atoms with E-state index in [9.17, 15) is 10.1 Å². The molecule has 0 atom stereocenters. The van der Waals surface area contributed by atoms with Crippen LogP contribution in [0.3, 0.4) is 0 Å². The van der Waals surface area contributed by atoms with Crippen LogP contribution in [0.25, 0.3) is 0 Å². The summed E-state index contributed by atoms with van der Waals surface area (Å²) >= 11 is 5.24. The lowest BCUT2D eigenvalue weighted by molar-refractivity contribution is -0.384. The van der Waals surface area contributed by atoms with Crippen LogP contribution in [0, 0.1) is 10.1 Å². The molecule has 1 aromatic rings. The number of hydrogen-bond acceptors (Lipinski definition) is 3. The third-order valence-electron chi connectivity index (χ3n) is 1.34. The highest BCUT2D eigenvalue weighted by molar-refractivity contribution is 14.1. The molecule has 0 aromatic heterocycles. The molecule has 0 aliphatic heterocycles. The number of nitro groups is 1. The van der Waals surface area contributed by atoms with E-state index < -0.39 is 4.92 Å². The molecule has 0 saturated carbocycles. The highest BCUT2D eigenvalue weighted by Crippen LogP contribution is 2.29. The number of nitro benzene ring substituents is 1. The summed E-state index contributed by atoms with van der Waals surface area (Å²) in [6.07, 6.45) is 0. The van der Waals surface area contributed by atoms with E-state index in [1.807, 2.05) is 13.8 Å². The zero-order valence-electron chi connectivity index (χ0n) is 8.37. The molecule has 0 unspecified atom stereocenters. The minimum Gasteiger partial charge on any atom is -0.482 e. The van der Waals surface area contributed by atoms with Crippen LogP contribution in [0.4, 0.5) is 5.69 Å². The van der Waals surface area contributed by atoms with E-state index in [0.717, 1.165) is 0 Å². The summed E-state index contributed by atoms with van der Waals surface area (Å²) in [4.78, 5) is 9.92. The molecule has 84 valence electrons. The Balaban J connectivity index is 0.000000921. The first kappa shape index (κ1) is 14.6. The predicted molar refractivity (Wildman–Crippen MR) is 71.7 cm³/mol. The molecule has 0 N–H and O–H groups in total. The van der Waals surface area contributed by atoms with Crippen LogP contribution < -0.4 is 4.74 Å². The molecular weight excluding hydrogens is 377 g/mol. The van der Waals surface area contributed by atoms with Gasteiger partial charge in [0.25, 0.3) is 5.69 Å². The van der Waals surface area contributed by atoms with Crippen LogP contribution in [0.1, 0.15) is 13.8 Å². The van der Waals surface area contributed by atoms with Gasteiger partial charge in [0.1, 0.15) is 10.4 Å². The van der Waals surface area contributed by atoms with Crippen LogP contribution in [-0.2, 0) is 0 Å². The van der Waals surface area contributed by atoms with Crippen molar-refractivity contribution in [1.29, 1.82) is 0 Å². The molecule has 6 heteroatoms. The molecule has 0 radical (unpaired) electrons. The van der Waals surface area contributed by atoms with E-state index in [1.54, 1.807) is 6.07 Å². The minimum atomic E-state index is -0.446. The Morgan fingerprint density at radius 3 is 2.53 bits per heavy atom. The fourth-order valence-corrected chi connectivity index (χ4v) is 1.60. The third kappa shape index (κ3) is 4.78. The first-order valence-corrected chi connectivity index (χ1v) is 6.59. The molecule has 1 rings (SSSR count). The van der Waals surface area contributed by atoms with Crippen LogP contribution in [0.5, 0.6) is 5.75 Å². The van der Waals surface area contributed by atoms with Crippen molar-refractivity contribution in [2.45, 2.75) is 13.8 Å². The summed E-state index contributed by atoms with van der Waals surface area (Å²) in [5.74, 6) is 0.611.